The molecule has 1 N–H and O–H groups in total. The monoisotopic (exact) mass is 290 g/mol. The second-order valence-electron chi connectivity index (χ2n) is 5.77. The van der Waals surface area contributed by atoms with Crippen LogP contribution in [0, 0.1) is 0 Å². The van der Waals surface area contributed by atoms with Gasteiger partial charge in [0.1, 0.15) is 4.75 Å². The van der Waals surface area contributed by atoms with Gasteiger partial charge in [-0.2, -0.15) is 0 Å². The molecular weight excluding hydrogens is 264 g/mol. The first kappa shape index (κ1) is 16.4. The maximum atomic E-state index is 12.4. The quantitative estimate of drug-likeness (QED) is 0.813. The van der Waals surface area contributed by atoms with Gasteiger partial charge < -0.3 is 10.2 Å². The molecule has 0 bridgehead atoms. The summed E-state index contributed by atoms with van der Waals surface area (Å²) in [4.78, 5) is 14.1. The number of nitrogens with one attached hydrogen (secondary N) is 1. The minimum atomic E-state index is -3.41. The van der Waals surface area contributed by atoms with Crippen molar-refractivity contribution < 1.29 is 13.2 Å². The highest BCUT2D eigenvalue weighted by Gasteiger charge is 2.41. The Bertz CT molecular complexity index is 412. The van der Waals surface area contributed by atoms with Gasteiger partial charge in [-0.1, -0.05) is 6.42 Å². The van der Waals surface area contributed by atoms with E-state index in [0.717, 1.165) is 19.2 Å². The zero-order chi connectivity index (χ0) is 14.7. The average Bonchev–Trinajstić information content (AvgIpc) is 2.35. The number of carbonyl (C=O) groups is 1. The topological polar surface area (TPSA) is 66.5 Å². The molecule has 1 aliphatic rings. The third-order valence-corrected chi connectivity index (χ3v) is 5.99. The van der Waals surface area contributed by atoms with E-state index in [9.17, 15) is 13.2 Å². The van der Waals surface area contributed by atoms with Crippen LogP contribution >= 0.6 is 0 Å². The molecule has 1 saturated heterocycles. The molecular formula is C13H26N2O3S. The lowest BCUT2D eigenvalue weighted by Crippen LogP contribution is -2.53. The molecule has 5 nitrogen and oxygen atoms in total. The van der Waals surface area contributed by atoms with Gasteiger partial charge in [0.15, 0.2) is 9.84 Å². The molecule has 0 aliphatic carbocycles. The van der Waals surface area contributed by atoms with E-state index in [0.29, 0.717) is 13.1 Å². The molecule has 0 saturated carbocycles. The van der Waals surface area contributed by atoms with Crippen LogP contribution < -0.4 is 5.32 Å². The van der Waals surface area contributed by atoms with E-state index < -0.39 is 14.6 Å². The van der Waals surface area contributed by atoms with Gasteiger partial charge in [0.05, 0.1) is 0 Å². The number of hydrogen-bond acceptors (Lipinski definition) is 4. The number of amides is 1. The van der Waals surface area contributed by atoms with Crippen LogP contribution in [0.15, 0.2) is 0 Å². The van der Waals surface area contributed by atoms with Crippen LogP contribution in [0.3, 0.4) is 0 Å². The molecule has 112 valence electrons. The molecule has 1 heterocycles. The van der Waals surface area contributed by atoms with Gasteiger partial charge in [-0.05, 0) is 40.2 Å². The summed E-state index contributed by atoms with van der Waals surface area (Å²) in [5.41, 5.74) is 0. The minimum Gasteiger partial charge on any atom is -0.340 e. The normalized spacial score (nSPS) is 21.2. The first-order valence-corrected chi connectivity index (χ1v) is 8.81. The fourth-order valence-corrected chi connectivity index (χ4v) is 2.69. The molecule has 1 amide bonds. The Labute approximate surface area is 116 Å². The minimum absolute atomic E-state index is 0.285. The summed E-state index contributed by atoms with van der Waals surface area (Å²) < 4.78 is 22.1. The van der Waals surface area contributed by atoms with Gasteiger partial charge in [0.2, 0.25) is 5.91 Å². The lowest BCUT2D eigenvalue weighted by atomic mass is 10.0. The second kappa shape index (κ2) is 6.22. The van der Waals surface area contributed by atoms with Crippen molar-refractivity contribution >= 4 is 15.7 Å². The van der Waals surface area contributed by atoms with E-state index in [4.69, 9.17) is 0 Å². The third kappa shape index (κ3) is 3.92. The van der Waals surface area contributed by atoms with E-state index in [2.05, 4.69) is 5.32 Å². The molecule has 19 heavy (non-hydrogen) atoms. The van der Waals surface area contributed by atoms with Crippen molar-refractivity contribution in [3.05, 3.63) is 0 Å². The molecule has 0 spiro atoms. The van der Waals surface area contributed by atoms with Crippen LogP contribution in [0.4, 0.5) is 0 Å². The number of piperidine rings is 1. The first-order valence-electron chi connectivity index (χ1n) is 6.92. The number of rotatable bonds is 5. The van der Waals surface area contributed by atoms with Gasteiger partial charge in [-0.15, -0.1) is 0 Å². The van der Waals surface area contributed by atoms with Crippen LogP contribution in [0.2, 0.25) is 0 Å². The summed E-state index contributed by atoms with van der Waals surface area (Å²) in [5.74, 6) is -0.301. The van der Waals surface area contributed by atoms with Crippen molar-refractivity contribution in [1.82, 2.24) is 10.2 Å². The maximum Gasteiger partial charge on any atom is 0.243 e. The molecule has 1 aliphatic heterocycles. The van der Waals surface area contributed by atoms with Crippen LogP contribution in [0.25, 0.3) is 0 Å². The van der Waals surface area contributed by atoms with E-state index in [1.807, 2.05) is 6.92 Å². The summed E-state index contributed by atoms with van der Waals surface area (Å²) in [6.45, 7) is 6.97. The van der Waals surface area contributed by atoms with Crippen molar-refractivity contribution in [1.29, 1.82) is 0 Å². The third-order valence-electron chi connectivity index (χ3n) is 3.96. The Morgan fingerprint density at radius 2 is 2.00 bits per heavy atom. The SMILES string of the molecule is CCN(CC1CCCCN1)C(=O)C(C)(C)S(C)(=O)=O. The van der Waals surface area contributed by atoms with Crippen molar-refractivity contribution in [3.63, 3.8) is 0 Å². The Morgan fingerprint density at radius 1 is 1.37 bits per heavy atom. The van der Waals surface area contributed by atoms with Crippen molar-refractivity contribution in [2.24, 2.45) is 0 Å². The fraction of sp³-hybridized carbons (Fsp3) is 0.923. The van der Waals surface area contributed by atoms with Gasteiger partial charge in [-0.25, -0.2) is 8.42 Å². The highest BCUT2D eigenvalue weighted by molar-refractivity contribution is 7.92. The van der Waals surface area contributed by atoms with Crippen LogP contribution in [0.5, 0.6) is 0 Å². The van der Waals surface area contributed by atoms with Crippen LogP contribution in [-0.2, 0) is 14.6 Å². The van der Waals surface area contributed by atoms with Crippen LogP contribution in [0.1, 0.15) is 40.0 Å². The molecule has 0 aromatic heterocycles. The predicted molar refractivity (Wildman–Crippen MR) is 76.8 cm³/mol. The second-order valence-corrected chi connectivity index (χ2v) is 8.34. The molecule has 1 fully saturated rings. The Morgan fingerprint density at radius 3 is 2.42 bits per heavy atom. The lowest BCUT2D eigenvalue weighted by Gasteiger charge is -2.34. The lowest BCUT2D eigenvalue weighted by molar-refractivity contribution is -0.133. The van der Waals surface area contributed by atoms with Crippen molar-refractivity contribution in [2.45, 2.75) is 50.8 Å². The standard InChI is InChI=1S/C13H26N2O3S/c1-5-15(10-11-8-6-7-9-14-11)12(16)13(2,3)19(4,17)18/h11,14H,5-10H2,1-4H3. The number of nitrogens with zero attached hydrogens (tertiary/aromatic N) is 1. The molecule has 1 atom stereocenters. The zero-order valence-electron chi connectivity index (χ0n) is 12.4. The van der Waals surface area contributed by atoms with E-state index >= 15 is 0 Å². The van der Waals surface area contributed by atoms with E-state index in [1.165, 1.54) is 26.7 Å². The Kier molecular flexibility index (Phi) is 5.38. The summed E-state index contributed by atoms with van der Waals surface area (Å²) in [6.07, 6.45) is 4.50. The number of carbonyl (C=O) groups excluding carboxylic acids is 1. The molecule has 1 rings (SSSR count). The fourth-order valence-electron chi connectivity index (χ4n) is 2.24. The predicted octanol–water partition coefficient (Wildman–Crippen LogP) is 0.800. The summed E-state index contributed by atoms with van der Waals surface area (Å²) >= 11 is 0. The number of likely N-dealkylation sites (N-methyl/N-ethyl adjacent to an activating group) is 1. The van der Waals surface area contributed by atoms with Gasteiger partial charge >= 0.3 is 0 Å². The van der Waals surface area contributed by atoms with Crippen LogP contribution in [-0.4, -0.2) is 55.9 Å². The van der Waals surface area contributed by atoms with Gasteiger partial charge in [0, 0.05) is 25.4 Å². The molecule has 1 unspecified atom stereocenters. The van der Waals surface area contributed by atoms with Crippen molar-refractivity contribution in [3.8, 4) is 0 Å². The summed E-state index contributed by atoms with van der Waals surface area (Å²) in [5, 5.41) is 3.39. The maximum absolute atomic E-state index is 12.4. The highest BCUT2D eigenvalue weighted by Crippen LogP contribution is 2.19. The zero-order valence-corrected chi connectivity index (χ0v) is 13.2. The highest BCUT2D eigenvalue weighted by atomic mass is 32.2. The average molecular weight is 290 g/mol. The number of hydrogen-bond donors (Lipinski definition) is 1. The smallest absolute Gasteiger partial charge is 0.243 e. The molecule has 0 aromatic rings. The molecule has 0 aromatic carbocycles. The molecule has 0 radical (unpaired) electrons. The first-order chi connectivity index (χ1) is 8.70. The van der Waals surface area contributed by atoms with E-state index in [-0.39, 0.29) is 11.9 Å². The van der Waals surface area contributed by atoms with Gasteiger partial charge in [-0.3, -0.25) is 4.79 Å². The van der Waals surface area contributed by atoms with Crippen molar-refractivity contribution in [2.75, 3.05) is 25.9 Å². The summed E-state index contributed by atoms with van der Waals surface area (Å²) in [6, 6.07) is 0.285. The Hall–Kier alpha value is -0.620. The largest absolute Gasteiger partial charge is 0.340 e. The summed E-state index contributed by atoms with van der Waals surface area (Å²) in [7, 11) is -3.41. The molecule has 6 heteroatoms. The van der Waals surface area contributed by atoms with E-state index in [1.54, 1.807) is 4.90 Å². The number of sulfone groups is 1. The Balaban J connectivity index is 2.76. The van der Waals surface area contributed by atoms with Gasteiger partial charge in [0.25, 0.3) is 0 Å².